The molecule has 0 unspecified atom stereocenters. The van der Waals surface area contributed by atoms with E-state index in [2.05, 4.69) is 10.6 Å². The molecule has 0 atom stereocenters. The Kier molecular flexibility index (Phi) is 27.1. The highest BCUT2D eigenvalue weighted by molar-refractivity contribution is 5.85. The van der Waals surface area contributed by atoms with Crippen molar-refractivity contribution >= 4 is 24.8 Å². The van der Waals surface area contributed by atoms with Gasteiger partial charge in [-0.2, -0.15) is 0 Å². The highest BCUT2D eigenvalue weighted by Crippen LogP contribution is 1.76. The molecule has 0 saturated carbocycles. The Hall–Kier alpha value is 0.420. The summed E-state index contributed by atoms with van der Waals surface area (Å²) >= 11 is 0. The average molecular weight is 249 g/mol. The smallest absolute Gasteiger partial charge is 0.0701 e. The van der Waals surface area contributed by atoms with Gasteiger partial charge < -0.3 is 20.1 Å². The second-order valence-corrected chi connectivity index (χ2v) is 2.43. The largest absolute Gasteiger partial charge is 0.378 e. The molecule has 0 radical (unpaired) electrons. The third-order valence-corrected chi connectivity index (χ3v) is 1.36. The highest BCUT2D eigenvalue weighted by atomic mass is 35.5. The van der Waals surface area contributed by atoms with E-state index in [1.165, 1.54) is 0 Å². The van der Waals surface area contributed by atoms with Crippen LogP contribution in [0.4, 0.5) is 0 Å². The predicted octanol–water partition coefficient (Wildman–Crippen LogP) is 0.302. The van der Waals surface area contributed by atoms with Crippen molar-refractivity contribution in [2.45, 2.75) is 0 Å². The lowest BCUT2D eigenvalue weighted by Gasteiger charge is -2.04. The lowest BCUT2D eigenvalue weighted by molar-refractivity contribution is 0.0508. The molecule has 0 heterocycles. The molecule has 0 aliphatic carbocycles. The molecule has 14 heavy (non-hydrogen) atoms. The van der Waals surface area contributed by atoms with Crippen LogP contribution in [0.25, 0.3) is 0 Å². The van der Waals surface area contributed by atoms with E-state index in [4.69, 9.17) is 9.47 Å². The van der Waals surface area contributed by atoms with Crippen LogP contribution in [-0.4, -0.2) is 53.6 Å². The molecule has 0 saturated heterocycles. The van der Waals surface area contributed by atoms with Crippen LogP contribution >= 0.6 is 24.8 Å². The molecule has 0 amide bonds. The molecule has 0 aromatic rings. The summed E-state index contributed by atoms with van der Waals surface area (Å²) in [6, 6.07) is 0. The van der Waals surface area contributed by atoms with Crippen LogP contribution in [0, 0.1) is 0 Å². The van der Waals surface area contributed by atoms with Gasteiger partial charge in [0.15, 0.2) is 0 Å². The first-order valence-corrected chi connectivity index (χ1v) is 4.36. The molecule has 90 valence electrons. The third-order valence-electron chi connectivity index (χ3n) is 1.36. The number of halogens is 2. The summed E-state index contributed by atoms with van der Waals surface area (Å²) < 4.78 is 10.5. The van der Waals surface area contributed by atoms with Gasteiger partial charge >= 0.3 is 0 Å². The topological polar surface area (TPSA) is 42.5 Å². The first-order chi connectivity index (χ1) is 5.91. The van der Waals surface area contributed by atoms with Gasteiger partial charge in [-0.25, -0.2) is 0 Å². The van der Waals surface area contributed by atoms with Crippen molar-refractivity contribution < 1.29 is 9.47 Å². The molecular formula is C8H22Cl2N2O2. The van der Waals surface area contributed by atoms with E-state index in [1.807, 2.05) is 14.1 Å². The zero-order chi connectivity index (χ0) is 9.07. The maximum atomic E-state index is 5.25. The molecule has 0 aliphatic heterocycles. The predicted molar refractivity (Wildman–Crippen MR) is 64.0 cm³/mol. The highest BCUT2D eigenvalue weighted by Gasteiger charge is 1.88. The van der Waals surface area contributed by atoms with Gasteiger partial charge in [-0.3, -0.25) is 0 Å². The maximum Gasteiger partial charge on any atom is 0.0701 e. The minimum absolute atomic E-state index is 0. The normalized spacial score (nSPS) is 9.00. The number of ether oxygens (including phenoxy) is 2. The molecule has 6 heteroatoms. The molecular weight excluding hydrogens is 227 g/mol. The molecule has 0 aromatic heterocycles. The van der Waals surface area contributed by atoms with Gasteiger partial charge in [-0.15, -0.1) is 24.8 Å². The van der Waals surface area contributed by atoms with E-state index in [9.17, 15) is 0 Å². The first-order valence-electron chi connectivity index (χ1n) is 4.36. The fourth-order valence-electron chi connectivity index (χ4n) is 0.670. The van der Waals surface area contributed by atoms with Crippen LogP contribution in [0.5, 0.6) is 0 Å². The summed E-state index contributed by atoms with van der Waals surface area (Å²) in [6.45, 7) is 4.68. The van der Waals surface area contributed by atoms with Crippen molar-refractivity contribution in [3.63, 3.8) is 0 Å². The third kappa shape index (κ3) is 18.3. The van der Waals surface area contributed by atoms with Crippen molar-refractivity contribution in [1.29, 1.82) is 0 Å². The maximum absolute atomic E-state index is 5.25. The van der Waals surface area contributed by atoms with Crippen molar-refractivity contribution in [2.24, 2.45) is 0 Å². The number of nitrogens with one attached hydrogen (secondary N) is 2. The van der Waals surface area contributed by atoms with Crippen LogP contribution in [0.1, 0.15) is 0 Å². The van der Waals surface area contributed by atoms with Gasteiger partial charge in [0.25, 0.3) is 0 Å². The lowest BCUT2D eigenvalue weighted by atomic mass is 10.6. The summed E-state index contributed by atoms with van der Waals surface area (Å²) in [7, 11) is 3.82. The van der Waals surface area contributed by atoms with E-state index in [0.29, 0.717) is 13.2 Å². The standard InChI is InChI=1S/C8H20N2O2.2ClH/c1-9-3-5-11-7-8-12-6-4-10-2;;/h9-10H,3-8H2,1-2H3;2*1H. The second kappa shape index (κ2) is 19.1. The zero-order valence-corrected chi connectivity index (χ0v) is 10.5. The van der Waals surface area contributed by atoms with E-state index in [0.717, 1.165) is 26.3 Å². The van der Waals surface area contributed by atoms with Crippen LogP contribution in [-0.2, 0) is 9.47 Å². The quantitative estimate of drug-likeness (QED) is 0.577. The first kappa shape index (κ1) is 19.9. The fraction of sp³-hybridized carbons (Fsp3) is 1.00. The molecule has 0 aromatic carbocycles. The van der Waals surface area contributed by atoms with Crippen LogP contribution in [0.2, 0.25) is 0 Å². The van der Waals surface area contributed by atoms with Crippen molar-refractivity contribution in [3.05, 3.63) is 0 Å². The van der Waals surface area contributed by atoms with Gasteiger partial charge in [0.1, 0.15) is 0 Å². The van der Waals surface area contributed by atoms with Gasteiger partial charge in [-0.05, 0) is 14.1 Å². The molecule has 0 spiro atoms. The van der Waals surface area contributed by atoms with Gasteiger partial charge in [0, 0.05) is 13.1 Å². The Morgan fingerprint density at radius 2 is 1.07 bits per heavy atom. The summed E-state index contributed by atoms with van der Waals surface area (Å²) in [5, 5.41) is 6.01. The molecule has 4 nitrogen and oxygen atoms in total. The van der Waals surface area contributed by atoms with E-state index in [1.54, 1.807) is 0 Å². The summed E-state index contributed by atoms with van der Waals surface area (Å²) in [4.78, 5) is 0. The van der Waals surface area contributed by atoms with Crippen molar-refractivity contribution in [3.8, 4) is 0 Å². The number of likely N-dealkylation sites (N-methyl/N-ethyl adjacent to an activating group) is 2. The Morgan fingerprint density at radius 3 is 1.36 bits per heavy atom. The van der Waals surface area contributed by atoms with Crippen LogP contribution in [0.3, 0.4) is 0 Å². The van der Waals surface area contributed by atoms with Gasteiger partial charge in [0.05, 0.1) is 26.4 Å². The fourth-order valence-corrected chi connectivity index (χ4v) is 0.670. The lowest BCUT2D eigenvalue weighted by Crippen LogP contribution is -2.18. The molecule has 0 rings (SSSR count). The van der Waals surface area contributed by atoms with Crippen molar-refractivity contribution in [1.82, 2.24) is 10.6 Å². The SMILES string of the molecule is CNCCOCCOCCNC.Cl.Cl. The van der Waals surface area contributed by atoms with Gasteiger partial charge in [0.2, 0.25) is 0 Å². The Morgan fingerprint density at radius 1 is 0.714 bits per heavy atom. The zero-order valence-electron chi connectivity index (χ0n) is 8.88. The Balaban J connectivity index is -0.000000605. The summed E-state index contributed by atoms with van der Waals surface area (Å²) in [6.07, 6.45) is 0. The molecule has 0 bridgehead atoms. The minimum Gasteiger partial charge on any atom is -0.378 e. The molecule has 2 N–H and O–H groups in total. The molecule has 0 fully saturated rings. The number of rotatable bonds is 9. The molecule has 0 aliphatic rings. The van der Waals surface area contributed by atoms with E-state index >= 15 is 0 Å². The van der Waals surface area contributed by atoms with Crippen molar-refractivity contribution in [2.75, 3.05) is 53.6 Å². The second-order valence-electron chi connectivity index (χ2n) is 2.43. The van der Waals surface area contributed by atoms with E-state index in [-0.39, 0.29) is 24.8 Å². The Bertz CT molecular complexity index is 79.7. The summed E-state index contributed by atoms with van der Waals surface area (Å²) in [5.74, 6) is 0. The Labute approximate surface area is 98.9 Å². The summed E-state index contributed by atoms with van der Waals surface area (Å²) in [5.41, 5.74) is 0. The van der Waals surface area contributed by atoms with E-state index < -0.39 is 0 Å². The number of hydrogen-bond acceptors (Lipinski definition) is 4. The monoisotopic (exact) mass is 248 g/mol. The minimum atomic E-state index is 0. The van der Waals surface area contributed by atoms with Crippen LogP contribution < -0.4 is 10.6 Å². The average Bonchev–Trinajstić information content (AvgIpc) is 2.10. The van der Waals surface area contributed by atoms with Gasteiger partial charge in [-0.1, -0.05) is 0 Å². The number of hydrogen-bond donors (Lipinski definition) is 2. The van der Waals surface area contributed by atoms with Crippen LogP contribution in [0.15, 0.2) is 0 Å².